The van der Waals surface area contributed by atoms with Gasteiger partial charge in [0, 0.05) is 29.7 Å². The van der Waals surface area contributed by atoms with Crippen LogP contribution in [0, 0.1) is 26.1 Å². The zero-order chi connectivity index (χ0) is 22.6. The van der Waals surface area contributed by atoms with Crippen molar-refractivity contribution in [1.29, 1.82) is 0 Å². The summed E-state index contributed by atoms with van der Waals surface area (Å²) >= 11 is 0. The van der Waals surface area contributed by atoms with Crippen molar-refractivity contribution in [3.63, 3.8) is 0 Å². The van der Waals surface area contributed by atoms with E-state index in [1.165, 1.54) is 0 Å². The standard InChI is InChI=1S/C20H19N3O7S/c24-22(25)19-11-12-20(23(26)27,18(14-19)13-16-7-3-1-4-8-16)21(31(28,29)30)15-17-9-5-2-6-10-17/h1-12,14,18H,13,15H2,(H,28,29,30). The molecule has 1 aliphatic carbocycles. The highest BCUT2D eigenvalue weighted by molar-refractivity contribution is 7.83. The van der Waals surface area contributed by atoms with Crippen molar-refractivity contribution in [2.75, 3.05) is 0 Å². The third-order valence-corrected chi connectivity index (χ3v) is 6.04. The lowest BCUT2D eigenvalue weighted by atomic mass is 9.82. The molecule has 162 valence electrons. The summed E-state index contributed by atoms with van der Waals surface area (Å²) in [5.74, 6) is -1.26. The molecule has 2 aromatic carbocycles. The first-order valence-electron chi connectivity index (χ1n) is 9.17. The summed E-state index contributed by atoms with van der Waals surface area (Å²) < 4.78 is 35.0. The fourth-order valence-corrected chi connectivity index (χ4v) is 4.56. The molecule has 0 fully saturated rings. The number of hydrogen-bond acceptors (Lipinski definition) is 6. The number of benzene rings is 2. The van der Waals surface area contributed by atoms with Crippen molar-refractivity contribution in [3.05, 3.63) is 116 Å². The van der Waals surface area contributed by atoms with E-state index in [-0.39, 0.29) is 6.42 Å². The molecule has 0 spiro atoms. The van der Waals surface area contributed by atoms with Crippen molar-refractivity contribution in [2.24, 2.45) is 5.92 Å². The number of rotatable bonds is 8. The topological polar surface area (TPSA) is 144 Å². The maximum absolute atomic E-state index is 12.4. The van der Waals surface area contributed by atoms with E-state index in [1.807, 2.05) is 0 Å². The Morgan fingerprint density at radius 1 is 0.968 bits per heavy atom. The van der Waals surface area contributed by atoms with Crippen LogP contribution in [0.2, 0.25) is 0 Å². The molecule has 0 radical (unpaired) electrons. The van der Waals surface area contributed by atoms with E-state index >= 15 is 0 Å². The van der Waals surface area contributed by atoms with Crippen LogP contribution in [0.25, 0.3) is 0 Å². The highest BCUT2D eigenvalue weighted by atomic mass is 32.2. The quantitative estimate of drug-likeness (QED) is 0.285. The second-order valence-electron chi connectivity index (χ2n) is 6.99. The first-order chi connectivity index (χ1) is 14.6. The van der Waals surface area contributed by atoms with Crippen LogP contribution in [0.1, 0.15) is 11.1 Å². The number of allylic oxidation sites excluding steroid dienone is 1. The largest absolute Gasteiger partial charge is 0.342 e. The Labute approximate surface area is 178 Å². The second-order valence-corrected chi connectivity index (χ2v) is 8.32. The number of hydrogen-bond donors (Lipinski definition) is 1. The van der Waals surface area contributed by atoms with Gasteiger partial charge in [0.15, 0.2) is 0 Å². The van der Waals surface area contributed by atoms with Crippen LogP contribution in [0.3, 0.4) is 0 Å². The maximum atomic E-state index is 12.4. The van der Waals surface area contributed by atoms with Crippen molar-refractivity contribution < 1.29 is 22.8 Å². The summed E-state index contributed by atoms with van der Waals surface area (Å²) in [5.41, 5.74) is -1.85. The molecule has 2 aromatic rings. The summed E-state index contributed by atoms with van der Waals surface area (Å²) in [6.07, 6.45) is 2.77. The minimum Gasteiger partial charge on any atom is -0.273 e. The molecule has 0 bridgehead atoms. The van der Waals surface area contributed by atoms with Crippen LogP contribution in [-0.2, 0) is 23.3 Å². The van der Waals surface area contributed by atoms with Gasteiger partial charge in [-0.25, -0.2) is 0 Å². The lowest BCUT2D eigenvalue weighted by Gasteiger charge is -2.37. The molecule has 1 N–H and O–H groups in total. The average molecular weight is 445 g/mol. The van der Waals surface area contributed by atoms with E-state index in [2.05, 4.69) is 0 Å². The van der Waals surface area contributed by atoms with Crippen LogP contribution < -0.4 is 0 Å². The summed E-state index contributed by atoms with van der Waals surface area (Å²) in [7, 11) is -5.09. The van der Waals surface area contributed by atoms with Gasteiger partial charge in [0.1, 0.15) is 0 Å². The molecule has 0 amide bonds. The summed E-state index contributed by atoms with van der Waals surface area (Å²) in [5, 5.41) is 23.7. The van der Waals surface area contributed by atoms with Gasteiger partial charge in [-0.2, -0.15) is 8.42 Å². The van der Waals surface area contributed by atoms with Crippen LogP contribution in [0.15, 0.2) is 84.6 Å². The average Bonchev–Trinajstić information content (AvgIpc) is 2.73. The molecule has 2 unspecified atom stereocenters. The first-order valence-corrected chi connectivity index (χ1v) is 10.6. The second kappa shape index (κ2) is 8.76. The van der Waals surface area contributed by atoms with Gasteiger partial charge in [-0.3, -0.25) is 24.8 Å². The van der Waals surface area contributed by atoms with Gasteiger partial charge in [-0.15, -0.1) is 4.31 Å². The molecule has 0 saturated carbocycles. The predicted octanol–water partition coefficient (Wildman–Crippen LogP) is 2.85. The third-order valence-electron chi connectivity index (χ3n) is 5.07. The highest BCUT2D eigenvalue weighted by Gasteiger charge is 2.59. The Kier molecular flexibility index (Phi) is 6.29. The Morgan fingerprint density at radius 2 is 1.52 bits per heavy atom. The molecule has 0 heterocycles. The van der Waals surface area contributed by atoms with Gasteiger partial charge in [0.25, 0.3) is 5.70 Å². The summed E-state index contributed by atoms with van der Waals surface area (Å²) in [6.45, 7) is -0.502. The van der Waals surface area contributed by atoms with Gasteiger partial charge in [0.05, 0.1) is 10.8 Å². The molecule has 0 aliphatic heterocycles. The van der Waals surface area contributed by atoms with Gasteiger partial charge >= 0.3 is 16.0 Å². The molecule has 0 aromatic heterocycles. The molecule has 0 saturated heterocycles. The van der Waals surface area contributed by atoms with Crippen LogP contribution >= 0.6 is 0 Å². The van der Waals surface area contributed by atoms with Crippen molar-refractivity contribution in [1.82, 2.24) is 4.31 Å². The Balaban J connectivity index is 2.17. The molecule has 11 heteroatoms. The lowest BCUT2D eigenvalue weighted by molar-refractivity contribution is -0.588. The van der Waals surface area contributed by atoms with Gasteiger partial charge in [0.2, 0.25) is 0 Å². The van der Waals surface area contributed by atoms with Crippen LogP contribution in [-0.4, -0.2) is 32.8 Å². The van der Waals surface area contributed by atoms with Gasteiger partial charge < -0.3 is 0 Å². The Hall–Kier alpha value is -3.41. The van der Waals surface area contributed by atoms with Crippen molar-refractivity contribution in [2.45, 2.75) is 18.6 Å². The maximum Gasteiger partial charge on any atom is 0.342 e. The fourth-order valence-electron chi connectivity index (χ4n) is 3.61. The molecular weight excluding hydrogens is 426 g/mol. The van der Waals surface area contributed by atoms with Crippen LogP contribution in [0.5, 0.6) is 0 Å². The Morgan fingerprint density at radius 3 is 2.00 bits per heavy atom. The van der Waals surface area contributed by atoms with Crippen molar-refractivity contribution >= 4 is 10.3 Å². The minimum atomic E-state index is -5.09. The molecule has 3 rings (SSSR count). The Bertz CT molecular complexity index is 1130. The SMILES string of the molecule is O=[N+]([O-])C1=CC(Cc2ccccc2)C(N(Cc2ccccc2)S(=O)(=O)O)([N+](=O)[O-])C=C1. The molecular formula is C20H19N3O7S. The number of nitrogens with zero attached hydrogens (tertiary/aromatic N) is 3. The predicted molar refractivity (Wildman–Crippen MR) is 111 cm³/mol. The van der Waals surface area contributed by atoms with E-state index in [9.17, 15) is 33.2 Å². The van der Waals surface area contributed by atoms with E-state index in [0.717, 1.165) is 18.2 Å². The molecule has 2 atom stereocenters. The smallest absolute Gasteiger partial charge is 0.273 e. The third kappa shape index (κ3) is 4.68. The van der Waals surface area contributed by atoms with Crippen LogP contribution in [0.4, 0.5) is 0 Å². The normalized spacial score (nSPS) is 21.0. The zero-order valence-electron chi connectivity index (χ0n) is 16.1. The molecule has 1 aliphatic rings. The molecule has 10 nitrogen and oxygen atoms in total. The zero-order valence-corrected chi connectivity index (χ0v) is 17.0. The van der Waals surface area contributed by atoms with E-state index in [1.54, 1.807) is 60.7 Å². The van der Waals surface area contributed by atoms with E-state index in [4.69, 9.17) is 0 Å². The fraction of sp³-hybridized carbons (Fsp3) is 0.200. The highest BCUT2D eigenvalue weighted by Crippen LogP contribution is 2.38. The monoisotopic (exact) mass is 445 g/mol. The van der Waals surface area contributed by atoms with Crippen molar-refractivity contribution in [3.8, 4) is 0 Å². The van der Waals surface area contributed by atoms with Gasteiger partial charge in [-0.1, -0.05) is 60.7 Å². The minimum absolute atomic E-state index is 0.0652. The number of nitro groups is 2. The van der Waals surface area contributed by atoms with E-state index in [0.29, 0.717) is 15.4 Å². The summed E-state index contributed by atoms with van der Waals surface area (Å²) in [6, 6.07) is 16.5. The molecule has 31 heavy (non-hydrogen) atoms. The summed E-state index contributed by atoms with van der Waals surface area (Å²) in [4.78, 5) is 22.2. The van der Waals surface area contributed by atoms with E-state index < -0.39 is 44.0 Å². The van der Waals surface area contributed by atoms with Gasteiger partial charge in [-0.05, 0) is 17.5 Å². The lowest BCUT2D eigenvalue weighted by Crippen LogP contribution is -2.60. The first kappa shape index (κ1) is 22.3.